The molecule has 21 heavy (non-hydrogen) atoms. The molecular weight excluding hydrogens is 280 g/mol. The fraction of sp³-hybridized carbons (Fsp3) is 0.357. The summed E-state index contributed by atoms with van der Waals surface area (Å²) in [7, 11) is 0. The lowest BCUT2D eigenvalue weighted by molar-refractivity contribution is 0.0700. The molecule has 0 spiro atoms. The molecule has 0 saturated carbocycles. The monoisotopic (exact) mass is 293 g/mol. The summed E-state index contributed by atoms with van der Waals surface area (Å²) in [5, 5.41) is 3.69. The highest BCUT2D eigenvalue weighted by molar-refractivity contribution is 5.95. The van der Waals surface area contributed by atoms with E-state index in [1.54, 1.807) is 6.92 Å². The van der Waals surface area contributed by atoms with E-state index in [9.17, 15) is 13.6 Å². The molecule has 5 nitrogen and oxygen atoms in total. The van der Waals surface area contributed by atoms with Gasteiger partial charge in [-0.15, -0.1) is 0 Å². The van der Waals surface area contributed by atoms with Gasteiger partial charge in [-0.05, 0) is 31.9 Å². The van der Waals surface area contributed by atoms with Crippen molar-refractivity contribution in [2.75, 3.05) is 6.54 Å². The number of aryl methyl sites for hydroxylation is 1. The summed E-state index contributed by atoms with van der Waals surface area (Å²) in [6.07, 6.45) is 1.34. The maximum absolute atomic E-state index is 13.7. The van der Waals surface area contributed by atoms with Crippen molar-refractivity contribution in [2.24, 2.45) is 0 Å². The maximum Gasteiger partial charge on any atom is 0.260 e. The van der Waals surface area contributed by atoms with Crippen molar-refractivity contribution in [3.8, 4) is 0 Å². The van der Waals surface area contributed by atoms with Crippen LogP contribution < -0.4 is 0 Å². The highest BCUT2D eigenvalue weighted by Gasteiger charge is 2.36. The van der Waals surface area contributed by atoms with Gasteiger partial charge in [0.25, 0.3) is 5.91 Å². The Labute approximate surface area is 119 Å². The molecule has 1 atom stereocenters. The number of carbonyl (C=O) groups is 1. The maximum atomic E-state index is 13.7. The van der Waals surface area contributed by atoms with E-state index in [1.807, 2.05) is 0 Å². The average molecular weight is 293 g/mol. The number of carbonyl (C=O) groups excluding carboxylic acids is 1. The quantitative estimate of drug-likeness (QED) is 0.854. The summed E-state index contributed by atoms with van der Waals surface area (Å²) in [6, 6.07) is 2.93. The van der Waals surface area contributed by atoms with E-state index in [0.29, 0.717) is 31.1 Å². The molecule has 1 aromatic carbocycles. The molecule has 0 bridgehead atoms. The third kappa shape index (κ3) is 2.39. The fourth-order valence-electron chi connectivity index (χ4n) is 2.56. The molecular formula is C14H13F2N3O2. The average Bonchev–Trinajstić information content (AvgIpc) is 3.06. The molecule has 110 valence electrons. The molecule has 2 heterocycles. The highest BCUT2D eigenvalue weighted by atomic mass is 19.1. The Hall–Kier alpha value is -2.31. The largest absolute Gasteiger partial charge is 0.337 e. The Kier molecular flexibility index (Phi) is 3.40. The Morgan fingerprint density at radius 1 is 1.38 bits per heavy atom. The third-order valence-electron chi connectivity index (χ3n) is 3.52. The van der Waals surface area contributed by atoms with Crippen LogP contribution in [-0.4, -0.2) is 27.5 Å². The zero-order valence-corrected chi connectivity index (χ0v) is 11.3. The van der Waals surface area contributed by atoms with Crippen molar-refractivity contribution < 1.29 is 18.1 Å². The van der Waals surface area contributed by atoms with Crippen LogP contribution in [0.3, 0.4) is 0 Å². The first-order chi connectivity index (χ1) is 10.1. The smallest absolute Gasteiger partial charge is 0.260 e. The SMILES string of the molecule is Cc1noc(C2CCCN2C(=O)c2c(F)cccc2F)n1. The number of aromatic nitrogens is 2. The van der Waals surface area contributed by atoms with E-state index in [2.05, 4.69) is 10.1 Å². The van der Waals surface area contributed by atoms with Gasteiger partial charge in [0.05, 0.1) is 0 Å². The second kappa shape index (κ2) is 5.23. The molecule has 2 aromatic rings. The minimum atomic E-state index is -0.868. The van der Waals surface area contributed by atoms with Crippen molar-refractivity contribution in [1.82, 2.24) is 15.0 Å². The lowest BCUT2D eigenvalue weighted by Crippen LogP contribution is -2.32. The van der Waals surface area contributed by atoms with Crippen LogP contribution >= 0.6 is 0 Å². The van der Waals surface area contributed by atoms with Gasteiger partial charge in [0.15, 0.2) is 5.82 Å². The van der Waals surface area contributed by atoms with E-state index >= 15 is 0 Å². The van der Waals surface area contributed by atoms with E-state index < -0.39 is 29.1 Å². The molecule has 7 heteroatoms. The Balaban J connectivity index is 1.93. The molecule has 1 amide bonds. The first kappa shape index (κ1) is 13.7. The first-order valence-electron chi connectivity index (χ1n) is 6.63. The van der Waals surface area contributed by atoms with E-state index in [-0.39, 0.29) is 0 Å². The molecule has 1 aromatic heterocycles. The van der Waals surface area contributed by atoms with Gasteiger partial charge in [0.1, 0.15) is 23.2 Å². The van der Waals surface area contributed by atoms with Gasteiger partial charge in [-0.2, -0.15) is 4.98 Å². The van der Waals surface area contributed by atoms with Crippen LogP contribution in [0, 0.1) is 18.6 Å². The fourth-order valence-corrected chi connectivity index (χ4v) is 2.56. The lowest BCUT2D eigenvalue weighted by Gasteiger charge is -2.22. The van der Waals surface area contributed by atoms with Crippen LogP contribution in [0.15, 0.2) is 22.7 Å². The molecule has 1 aliphatic heterocycles. The number of likely N-dealkylation sites (tertiary alicyclic amines) is 1. The normalized spacial score (nSPS) is 18.2. The van der Waals surface area contributed by atoms with Crippen molar-refractivity contribution in [3.05, 3.63) is 47.1 Å². The van der Waals surface area contributed by atoms with Crippen LogP contribution in [0.5, 0.6) is 0 Å². The Morgan fingerprint density at radius 2 is 2.10 bits per heavy atom. The number of benzene rings is 1. The number of halogens is 2. The van der Waals surface area contributed by atoms with Crippen LogP contribution in [0.25, 0.3) is 0 Å². The second-order valence-electron chi connectivity index (χ2n) is 4.93. The Morgan fingerprint density at radius 3 is 2.71 bits per heavy atom. The number of rotatable bonds is 2. The summed E-state index contributed by atoms with van der Waals surface area (Å²) in [5.41, 5.74) is -0.541. The number of nitrogens with zero attached hydrogens (tertiary/aromatic N) is 3. The summed E-state index contributed by atoms with van der Waals surface area (Å²) in [5.74, 6) is -1.67. The van der Waals surface area contributed by atoms with Crippen LogP contribution in [0.4, 0.5) is 8.78 Å². The Bertz CT molecular complexity index is 666. The first-order valence-corrected chi connectivity index (χ1v) is 6.63. The molecule has 1 fully saturated rings. The van der Waals surface area contributed by atoms with Crippen molar-refractivity contribution in [1.29, 1.82) is 0 Å². The van der Waals surface area contributed by atoms with E-state index in [1.165, 1.54) is 11.0 Å². The predicted molar refractivity (Wildman–Crippen MR) is 68.4 cm³/mol. The molecule has 0 N–H and O–H groups in total. The third-order valence-corrected chi connectivity index (χ3v) is 3.52. The standard InChI is InChI=1S/C14H13F2N3O2/c1-8-17-13(21-18-8)11-6-3-7-19(11)14(20)12-9(15)4-2-5-10(12)16/h2,4-5,11H,3,6-7H2,1H3. The zero-order valence-electron chi connectivity index (χ0n) is 11.3. The second-order valence-corrected chi connectivity index (χ2v) is 4.93. The molecule has 1 unspecified atom stereocenters. The van der Waals surface area contributed by atoms with Gasteiger partial charge in [-0.3, -0.25) is 4.79 Å². The van der Waals surface area contributed by atoms with Gasteiger partial charge >= 0.3 is 0 Å². The van der Waals surface area contributed by atoms with Crippen molar-refractivity contribution in [2.45, 2.75) is 25.8 Å². The van der Waals surface area contributed by atoms with Crippen LogP contribution in [-0.2, 0) is 0 Å². The minimum absolute atomic E-state index is 0.301. The van der Waals surface area contributed by atoms with Gasteiger partial charge < -0.3 is 9.42 Å². The van der Waals surface area contributed by atoms with E-state index in [0.717, 1.165) is 12.1 Å². The van der Waals surface area contributed by atoms with Crippen LogP contribution in [0.2, 0.25) is 0 Å². The van der Waals surface area contributed by atoms with Crippen molar-refractivity contribution >= 4 is 5.91 Å². The number of hydrogen-bond donors (Lipinski definition) is 0. The zero-order chi connectivity index (χ0) is 15.0. The minimum Gasteiger partial charge on any atom is -0.337 e. The molecule has 0 aliphatic carbocycles. The predicted octanol–water partition coefficient (Wildman–Crippen LogP) is 2.63. The molecule has 1 aliphatic rings. The number of amides is 1. The summed E-state index contributed by atoms with van der Waals surface area (Å²) in [4.78, 5) is 17.9. The van der Waals surface area contributed by atoms with Gasteiger partial charge in [0, 0.05) is 6.54 Å². The van der Waals surface area contributed by atoms with Gasteiger partial charge in [-0.1, -0.05) is 11.2 Å². The van der Waals surface area contributed by atoms with Gasteiger partial charge in [-0.25, -0.2) is 8.78 Å². The molecule has 3 rings (SSSR count). The highest BCUT2D eigenvalue weighted by Crippen LogP contribution is 2.32. The lowest BCUT2D eigenvalue weighted by atomic mass is 10.1. The topological polar surface area (TPSA) is 59.2 Å². The summed E-state index contributed by atoms with van der Waals surface area (Å²) < 4.78 is 32.6. The molecule has 0 radical (unpaired) electrons. The summed E-state index contributed by atoms with van der Waals surface area (Å²) >= 11 is 0. The summed E-state index contributed by atoms with van der Waals surface area (Å²) in [6.45, 7) is 2.07. The van der Waals surface area contributed by atoms with Gasteiger partial charge in [0.2, 0.25) is 5.89 Å². The molecule has 1 saturated heterocycles. The van der Waals surface area contributed by atoms with E-state index in [4.69, 9.17) is 4.52 Å². The van der Waals surface area contributed by atoms with Crippen molar-refractivity contribution in [3.63, 3.8) is 0 Å². The van der Waals surface area contributed by atoms with Crippen LogP contribution in [0.1, 0.15) is 41.0 Å². The number of hydrogen-bond acceptors (Lipinski definition) is 4.